The molecule has 282 valence electrons. The van der Waals surface area contributed by atoms with Gasteiger partial charge in [-0.25, -0.2) is 0 Å². The van der Waals surface area contributed by atoms with Crippen LogP contribution in [0.1, 0.15) is 153 Å². The van der Waals surface area contributed by atoms with Crippen molar-refractivity contribution < 1.29 is 39.6 Å². The van der Waals surface area contributed by atoms with Crippen LogP contribution in [-0.2, 0) is 28.1 Å². The van der Waals surface area contributed by atoms with Crippen molar-refractivity contribution in [2.45, 2.75) is 151 Å². The normalized spacial score (nSPS) is 11.6. The fourth-order valence-electron chi connectivity index (χ4n) is 5.63. The van der Waals surface area contributed by atoms with Gasteiger partial charge in [0.25, 0.3) is 0 Å². The van der Waals surface area contributed by atoms with Crippen molar-refractivity contribution in [2.75, 3.05) is 0 Å². The van der Waals surface area contributed by atoms with Gasteiger partial charge in [-0.3, -0.25) is 0 Å². The van der Waals surface area contributed by atoms with Crippen LogP contribution < -0.4 is 20.4 Å². The van der Waals surface area contributed by atoms with Crippen LogP contribution >= 0.6 is 0 Å². The van der Waals surface area contributed by atoms with Gasteiger partial charge in [-0.05, 0) is 63.2 Å². The number of rotatable bonds is 28. The summed E-state index contributed by atoms with van der Waals surface area (Å²) >= 11 is -0.258. The summed E-state index contributed by atoms with van der Waals surface area (Å²) in [6.07, 6.45) is 16.0. The average Bonchev–Trinajstić information content (AvgIpc) is 3.10. The Labute approximate surface area is 318 Å². The molecule has 0 N–H and O–H groups in total. The molecule has 2 rings (SSSR count). The van der Waals surface area contributed by atoms with Crippen molar-refractivity contribution in [3.63, 3.8) is 0 Å². The standard InChI is InChI=1S/2C14H26O4.2C7H7.Sn/c2*1-2-3-4-5-6-7-9-12(14(17)18)10-8-11-13(15)16;2*1-7-5-3-2-4-6-7;/h2*12H,2-11H2,1H3,(H,15,16)(H,17,18);2*2-6H,1H2;/q;;;;+4/p-4. The molecule has 0 amide bonds. The van der Waals surface area contributed by atoms with E-state index >= 15 is 0 Å². The Kier molecular flexibility index (Phi) is 32.3. The molecular weight excluding hydrogens is 751 g/mol. The Balaban J connectivity index is 0.000000737. The van der Waals surface area contributed by atoms with Crippen LogP contribution in [0.15, 0.2) is 60.7 Å². The predicted molar refractivity (Wildman–Crippen MR) is 197 cm³/mol. The minimum absolute atomic E-state index is 0.0692. The van der Waals surface area contributed by atoms with Gasteiger partial charge in [0.05, 0.1) is 0 Å². The van der Waals surface area contributed by atoms with Gasteiger partial charge >= 0.3 is 102 Å². The third-order valence-corrected chi connectivity index (χ3v) is 12.4. The number of carbonyl (C=O) groups excluding carboxylic acids is 4. The molecule has 0 spiro atoms. The summed E-state index contributed by atoms with van der Waals surface area (Å²) in [7, 11) is 0. The molecule has 0 saturated carbocycles. The fraction of sp³-hybridized carbons (Fsp3) is 0.619. The van der Waals surface area contributed by atoms with E-state index in [0.29, 0.717) is 38.5 Å². The zero-order valence-corrected chi connectivity index (χ0v) is 34.1. The van der Waals surface area contributed by atoms with Crippen molar-refractivity contribution in [3.05, 3.63) is 71.8 Å². The maximum absolute atomic E-state index is 10.9. The Morgan fingerprint density at radius 2 is 0.784 bits per heavy atom. The van der Waals surface area contributed by atoms with Crippen LogP contribution in [0.5, 0.6) is 0 Å². The number of aliphatic carboxylic acids is 4. The molecule has 0 aliphatic carbocycles. The topological polar surface area (TPSA) is 161 Å². The van der Waals surface area contributed by atoms with Crippen molar-refractivity contribution >= 4 is 45.0 Å². The van der Waals surface area contributed by atoms with E-state index in [4.69, 9.17) is 0 Å². The van der Waals surface area contributed by atoms with E-state index in [1.54, 1.807) is 0 Å². The third kappa shape index (κ3) is 31.6. The first-order chi connectivity index (χ1) is 24.6. The second-order valence-corrected chi connectivity index (χ2v) is 16.7. The molecule has 0 aliphatic rings. The maximum atomic E-state index is 10.9. The third-order valence-electron chi connectivity index (χ3n) is 8.69. The van der Waals surface area contributed by atoms with E-state index in [-0.39, 0.29) is 34.0 Å². The van der Waals surface area contributed by atoms with Crippen molar-refractivity contribution in [1.82, 2.24) is 0 Å². The zero-order chi connectivity index (χ0) is 38.0. The van der Waals surface area contributed by atoms with Gasteiger partial charge in [0.1, 0.15) is 0 Å². The quantitative estimate of drug-likeness (QED) is 0.0844. The summed E-state index contributed by atoms with van der Waals surface area (Å²) in [6.45, 7) is 4.31. The Morgan fingerprint density at radius 1 is 0.471 bits per heavy atom. The molecule has 2 unspecified atom stereocenters. The van der Waals surface area contributed by atoms with Gasteiger partial charge < -0.3 is 39.6 Å². The Morgan fingerprint density at radius 3 is 1.10 bits per heavy atom. The number of benzene rings is 2. The molecule has 2 aromatic rings. The first kappa shape index (κ1) is 48.1. The van der Waals surface area contributed by atoms with Gasteiger partial charge in [-0.1, -0.05) is 90.9 Å². The molecule has 0 aromatic heterocycles. The SMILES string of the molecule is CCCCCCCCC(CCCC(=O)[O-])C(=O)[O-].CCCCCCCCC(CCCC(=O)[O-])C(=O)[O-].c1ccc([CH2][Sn+4][CH2]c2ccccc2)cc1. The first-order valence-electron chi connectivity index (χ1n) is 19.2. The molecule has 2 aromatic carbocycles. The van der Waals surface area contributed by atoms with Gasteiger partial charge in [0.15, 0.2) is 0 Å². The summed E-state index contributed by atoms with van der Waals surface area (Å²) in [5, 5.41) is 42.2. The predicted octanol–water partition coefficient (Wildman–Crippen LogP) is 5.14. The molecule has 2 atom stereocenters. The van der Waals surface area contributed by atoms with Gasteiger partial charge in [-0.2, -0.15) is 0 Å². The minimum atomic E-state index is -1.12. The molecule has 51 heavy (non-hydrogen) atoms. The molecule has 8 nitrogen and oxygen atoms in total. The van der Waals surface area contributed by atoms with Gasteiger partial charge in [0, 0.05) is 23.9 Å². The summed E-state index contributed by atoms with van der Waals surface area (Å²) in [4.78, 5) is 42.2. The Bertz CT molecular complexity index is 1050. The van der Waals surface area contributed by atoms with E-state index in [1.165, 1.54) is 58.5 Å². The summed E-state index contributed by atoms with van der Waals surface area (Å²) < 4.78 is 2.69. The second-order valence-electron chi connectivity index (χ2n) is 13.2. The van der Waals surface area contributed by atoms with Gasteiger partial charge in [0.2, 0.25) is 0 Å². The van der Waals surface area contributed by atoms with Crippen LogP contribution in [0.4, 0.5) is 0 Å². The molecule has 0 aliphatic heterocycles. The number of unbranched alkanes of at least 4 members (excludes halogenated alkanes) is 10. The van der Waals surface area contributed by atoms with E-state index in [2.05, 4.69) is 74.5 Å². The van der Waals surface area contributed by atoms with E-state index in [1.807, 2.05) is 0 Å². The number of hydrogen-bond acceptors (Lipinski definition) is 8. The fourth-order valence-corrected chi connectivity index (χ4v) is 8.98. The second kappa shape index (κ2) is 34.2. The Hall–Kier alpha value is -2.88. The molecule has 0 saturated heterocycles. The summed E-state index contributed by atoms with van der Waals surface area (Å²) in [6, 6.07) is 21.7. The van der Waals surface area contributed by atoms with Gasteiger partial charge in [-0.15, -0.1) is 0 Å². The molecular formula is C42H62O8Sn. The summed E-state index contributed by atoms with van der Waals surface area (Å²) in [5.41, 5.74) is 3.03. The van der Waals surface area contributed by atoms with Crippen molar-refractivity contribution in [2.24, 2.45) is 11.8 Å². The van der Waals surface area contributed by atoms with E-state index < -0.39 is 35.7 Å². The average molecular weight is 814 g/mol. The molecule has 0 bridgehead atoms. The molecule has 6 radical (unpaired) electrons. The monoisotopic (exact) mass is 814 g/mol. The number of carboxylic acids is 4. The number of carboxylic acid groups (broad SMARTS) is 4. The van der Waals surface area contributed by atoms with Crippen molar-refractivity contribution in [3.8, 4) is 0 Å². The molecule has 9 heteroatoms. The van der Waals surface area contributed by atoms with Crippen LogP contribution in [0.25, 0.3) is 0 Å². The van der Waals surface area contributed by atoms with E-state index in [0.717, 1.165) is 38.5 Å². The number of hydrogen-bond donors (Lipinski definition) is 0. The zero-order valence-electron chi connectivity index (χ0n) is 31.3. The van der Waals surface area contributed by atoms with E-state index in [9.17, 15) is 39.6 Å². The van der Waals surface area contributed by atoms with Crippen LogP contribution in [0.3, 0.4) is 0 Å². The van der Waals surface area contributed by atoms with Crippen LogP contribution in [0, 0.1) is 11.8 Å². The van der Waals surface area contributed by atoms with Crippen LogP contribution in [0.2, 0.25) is 0 Å². The number of carbonyl (C=O) groups is 4. The first-order valence-corrected chi connectivity index (χ1v) is 23.2. The van der Waals surface area contributed by atoms with Crippen LogP contribution in [-0.4, -0.2) is 45.0 Å². The van der Waals surface area contributed by atoms with Crippen molar-refractivity contribution in [1.29, 1.82) is 0 Å². The molecule has 0 heterocycles. The molecule has 0 fully saturated rings. The summed E-state index contributed by atoms with van der Waals surface area (Å²) in [5.74, 6) is -5.35.